The van der Waals surface area contributed by atoms with Crippen molar-refractivity contribution < 1.29 is 9.53 Å². The second-order valence-corrected chi connectivity index (χ2v) is 4.26. The first-order valence-electron chi connectivity index (χ1n) is 3.04. The van der Waals surface area contributed by atoms with Gasteiger partial charge in [0.05, 0.1) is 6.61 Å². The van der Waals surface area contributed by atoms with Gasteiger partial charge in [-0.15, -0.1) is 0 Å². The maximum atomic E-state index is 10.9. The monoisotopic (exact) mass is 272 g/mol. The lowest BCUT2D eigenvalue weighted by atomic mass is 10.3. The fourth-order valence-corrected chi connectivity index (χ4v) is 0.757. The van der Waals surface area contributed by atoms with Crippen LogP contribution in [0.3, 0.4) is 0 Å². The Morgan fingerprint density at radius 3 is 2.40 bits per heavy atom. The quantitative estimate of drug-likeness (QED) is 0.582. The highest BCUT2D eigenvalue weighted by molar-refractivity contribution is 9.12. The summed E-state index contributed by atoms with van der Waals surface area (Å²) in [6.45, 7) is 4.10. The van der Waals surface area contributed by atoms with E-state index in [9.17, 15) is 4.79 Å². The lowest BCUT2D eigenvalue weighted by Gasteiger charge is -2.09. The molecule has 10 heavy (non-hydrogen) atoms. The number of carbonyl (C=O) groups is 1. The van der Waals surface area contributed by atoms with Crippen LogP contribution in [0.4, 0.5) is 0 Å². The summed E-state index contributed by atoms with van der Waals surface area (Å²) in [6.07, 6.45) is 0. The highest BCUT2D eigenvalue weighted by Crippen LogP contribution is 2.14. The summed E-state index contributed by atoms with van der Waals surface area (Å²) in [5, 5.41) is 0. The van der Waals surface area contributed by atoms with Crippen LogP contribution >= 0.6 is 31.9 Å². The fraction of sp³-hybridized carbons (Fsp3) is 0.833. The molecule has 2 atom stereocenters. The molecule has 0 fully saturated rings. The van der Waals surface area contributed by atoms with Crippen LogP contribution in [0.2, 0.25) is 0 Å². The van der Waals surface area contributed by atoms with Crippen molar-refractivity contribution in [2.24, 2.45) is 0 Å². The van der Waals surface area contributed by atoms with Gasteiger partial charge >= 0.3 is 5.97 Å². The van der Waals surface area contributed by atoms with Crippen molar-refractivity contribution in [1.29, 1.82) is 0 Å². The van der Waals surface area contributed by atoms with E-state index >= 15 is 0 Å². The van der Waals surface area contributed by atoms with Crippen LogP contribution in [0.15, 0.2) is 0 Å². The Kier molecular flexibility index (Phi) is 5.35. The molecule has 0 aliphatic rings. The minimum Gasteiger partial charge on any atom is -0.465 e. The molecule has 0 aliphatic carbocycles. The summed E-state index contributed by atoms with van der Waals surface area (Å²) < 4.78 is 4.75. The van der Waals surface area contributed by atoms with E-state index in [1.165, 1.54) is 0 Å². The number of halogens is 2. The Hall–Kier alpha value is 0.430. The van der Waals surface area contributed by atoms with E-state index in [-0.39, 0.29) is 15.6 Å². The standard InChI is InChI=1S/C6H10Br2O2/c1-3-10-6(9)5(8)4(2)7/h4-5H,3H2,1-2H3/t4-,5+/m0/s1. The zero-order valence-electron chi connectivity index (χ0n) is 5.93. The van der Waals surface area contributed by atoms with Gasteiger partial charge in [-0.1, -0.05) is 38.8 Å². The van der Waals surface area contributed by atoms with Gasteiger partial charge in [0.2, 0.25) is 0 Å². The summed E-state index contributed by atoms with van der Waals surface area (Å²) in [6, 6.07) is 0. The molecule has 60 valence electrons. The second kappa shape index (κ2) is 5.13. The molecule has 4 heteroatoms. The lowest BCUT2D eigenvalue weighted by Crippen LogP contribution is -2.24. The average Bonchev–Trinajstić information content (AvgIpc) is 1.87. The van der Waals surface area contributed by atoms with E-state index in [1.54, 1.807) is 6.92 Å². The predicted molar refractivity (Wildman–Crippen MR) is 47.7 cm³/mol. The average molecular weight is 274 g/mol. The molecule has 0 amide bonds. The molecule has 0 aromatic heterocycles. The third-order valence-corrected chi connectivity index (χ3v) is 3.32. The molecule has 2 nitrogen and oxygen atoms in total. The van der Waals surface area contributed by atoms with Gasteiger partial charge in [-0.2, -0.15) is 0 Å². The number of alkyl halides is 2. The van der Waals surface area contributed by atoms with E-state index in [1.807, 2.05) is 6.92 Å². The van der Waals surface area contributed by atoms with E-state index in [0.29, 0.717) is 6.61 Å². The van der Waals surface area contributed by atoms with Gasteiger partial charge in [0, 0.05) is 4.83 Å². The van der Waals surface area contributed by atoms with Crippen molar-refractivity contribution in [2.75, 3.05) is 6.61 Å². The fourth-order valence-electron chi connectivity index (χ4n) is 0.409. The van der Waals surface area contributed by atoms with Crippen LogP contribution in [0.1, 0.15) is 13.8 Å². The van der Waals surface area contributed by atoms with Crippen LogP contribution < -0.4 is 0 Å². The van der Waals surface area contributed by atoms with Gasteiger partial charge in [-0.3, -0.25) is 4.79 Å². The van der Waals surface area contributed by atoms with Crippen LogP contribution in [-0.2, 0) is 9.53 Å². The maximum absolute atomic E-state index is 10.9. The first-order valence-corrected chi connectivity index (χ1v) is 4.87. The first kappa shape index (κ1) is 10.4. The third kappa shape index (κ3) is 3.56. The first-order chi connectivity index (χ1) is 4.59. The van der Waals surface area contributed by atoms with Crippen molar-refractivity contribution in [3.63, 3.8) is 0 Å². The molecular formula is C6H10Br2O2. The molecule has 0 N–H and O–H groups in total. The van der Waals surface area contributed by atoms with Crippen molar-refractivity contribution in [2.45, 2.75) is 23.5 Å². The number of hydrogen-bond donors (Lipinski definition) is 0. The SMILES string of the molecule is CCOC(=O)[C@H](Br)[C@H](C)Br. The molecule has 0 bridgehead atoms. The lowest BCUT2D eigenvalue weighted by molar-refractivity contribution is -0.142. The largest absolute Gasteiger partial charge is 0.465 e. The number of carbonyl (C=O) groups excluding carboxylic acids is 1. The van der Waals surface area contributed by atoms with Gasteiger partial charge in [0.25, 0.3) is 0 Å². The summed E-state index contributed by atoms with van der Waals surface area (Å²) in [5.74, 6) is -0.216. The Bertz CT molecular complexity index is 114. The van der Waals surface area contributed by atoms with Crippen LogP contribution in [0, 0.1) is 0 Å². The van der Waals surface area contributed by atoms with E-state index in [0.717, 1.165) is 0 Å². The van der Waals surface area contributed by atoms with Gasteiger partial charge in [-0.05, 0) is 6.92 Å². The molecule has 0 rings (SSSR count). The predicted octanol–water partition coefficient (Wildman–Crippen LogP) is 2.10. The van der Waals surface area contributed by atoms with E-state index < -0.39 is 0 Å². The minimum absolute atomic E-state index is 0.103. The van der Waals surface area contributed by atoms with E-state index in [2.05, 4.69) is 31.9 Å². The molecule has 0 saturated carbocycles. The number of esters is 1. The van der Waals surface area contributed by atoms with Crippen LogP contribution in [0.5, 0.6) is 0 Å². The molecule has 0 aliphatic heterocycles. The van der Waals surface area contributed by atoms with Crippen LogP contribution in [0.25, 0.3) is 0 Å². The molecule has 0 aromatic carbocycles. The van der Waals surface area contributed by atoms with Gasteiger partial charge in [0.15, 0.2) is 0 Å². The Morgan fingerprint density at radius 1 is 1.60 bits per heavy atom. The Balaban J connectivity index is 3.71. The Labute approximate surface area is 77.6 Å². The van der Waals surface area contributed by atoms with E-state index in [4.69, 9.17) is 4.74 Å². The van der Waals surface area contributed by atoms with Crippen molar-refractivity contribution in [3.8, 4) is 0 Å². The molecule has 0 spiro atoms. The highest BCUT2D eigenvalue weighted by Gasteiger charge is 2.20. The molecule has 0 heterocycles. The summed E-state index contributed by atoms with van der Waals surface area (Å²) >= 11 is 6.45. The van der Waals surface area contributed by atoms with Crippen molar-refractivity contribution in [3.05, 3.63) is 0 Å². The molecule has 0 radical (unpaired) electrons. The summed E-state index contributed by atoms with van der Waals surface area (Å²) in [7, 11) is 0. The highest BCUT2D eigenvalue weighted by atomic mass is 79.9. The summed E-state index contributed by atoms with van der Waals surface area (Å²) in [4.78, 5) is 10.7. The van der Waals surface area contributed by atoms with Gasteiger partial charge in [-0.25, -0.2) is 0 Å². The number of rotatable bonds is 3. The van der Waals surface area contributed by atoms with Crippen molar-refractivity contribution >= 4 is 37.8 Å². The normalized spacial score (nSPS) is 16.0. The molecule has 0 saturated heterocycles. The second-order valence-electron chi connectivity index (χ2n) is 1.83. The molecule has 0 unspecified atom stereocenters. The maximum Gasteiger partial charge on any atom is 0.320 e. The smallest absolute Gasteiger partial charge is 0.320 e. The Morgan fingerprint density at radius 2 is 2.10 bits per heavy atom. The van der Waals surface area contributed by atoms with Gasteiger partial charge in [0.1, 0.15) is 4.83 Å². The summed E-state index contributed by atoms with van der Waals surface area (Å²) in [5.41, 5.74) is 0. The number of ether oxygens (including phenoxy) is 1. The zero-order chi connectivity index (χ0) is 8.15. The number of hydrogen-bond acceptors (Lipinski definition) is 2. The third-order valence-electron chi connectivity index (χ3n) is 0.915. The molecular weight excluding hydrogens is 264 g/mol. The molecule has 0 aromatic rings. The van der Waals surface area contributed by atoms with Crippen molar-refractivity contribution in [1.82, 2.24) is 0 Å². The van der Waals surface area contributed by atoms with Gasteiger partial charge < -0.3 is 4.74 Å². The minimum atomic E-state index is -0.243. The topological polar surface area (TPSA) is 26.3 Å². The zero-order valence-corrected chi connectivity index (χ0v) is 9.11. The van der Waals surface area contributed by atoms with Crippen LogP contribution in [-0.4, -0.2) is 22.2 Å².